The first-order valence-corrected chi connectivity index (χ1v) is 5.34. The van der Waals surface area contributed by atoms with Crippen LogP contribution in [0.25, 0.3) is 0 Å². The number of hydrogen-bond acceptors (Lipinski definition) is 4. The molecular weight excluding hydrogens is 316 g/mol. The van der Waals surface area contributed by atoms with Crippen molar-refractivity contribution in [3.05, 3.63) is 15.4 Å². The molecule has 0 aliphatic carbocycles. The SMILES string of the molecule is C[C@H](N)C(=O)Nc1ncc(Br)nc1Br. The molecule has 0 aliphatic heterocycles. The molecule has 14 heavy (non-hydrogen) atoms. The molecule has 76 valence electrons. The number of carbonyl (C=O) groups excluding carboxylic acids is 1. The fraction of sp³-hybridized carbons (Fsp3) is 0.286. The van der Waals surface area contributed by atoms with Crippen LogP contribution in [0.15, 0.2) is 15.4 Å². The van der Waals surface area contributed by atoms with Crippen LogP contribution in [-0.4, -0.2) is 21.9 Å². The minimum atomic E-state index is -0.577. The van der Waals surface area contributed by atoms with Gasteiger partial charge in [-0.05, 0) is 38.8 Å². The molecule has 0 bridgehead atoms. The zero-order valence-electron chi connectivity index (χ0n) is 7.29. The second-order valence-corrected chi connectivity index (χ2v) is 4.17. The van der Waals surface area contributed by atoms with Crippen LogP contribution in [-0.2, 0) is 4.79 Å². The molecule has 0 spiro atoms. The number of nitrogens with zero attached hydrogens (tertiary/aromatic N) is 2. The van der Waals surface area contributed by atoms with E-state index < -0.39 is 6.04 Å². The molecule has 0 unspecified atom stereocenters. The summed E-state index contributed by atoms with van der Waals surface area (Å²) >= 11 is 6.32. The second kappa shape index (κ2) is 4.81. The van der Waals surface area contributed by atoms with Gasteiger partial charge >= 0.3 is 0 Å². The second-order valence-electron chi connectivity index (χ2n) is 2.61. The average Bonchev–Trinajstić information content (AvgIpc) is 2.09. The normalized spacial score (nSPS) is 12.3. The molecule has 1 atom stereocenters. The summed E-state index contributed by atoms with van der Waals surface area (Å²) < 4.78 is 1.05. The maximum absolute atomic E-state index is 11.2. The van der Waals surface area contributed by atoms with Gasteiger partial charge in [-0.2, -0.15) is 0 Å². The van der Waals surface area contributed by atoms with E-state index >= 15 is 0 Å². The number of halogens is 2. The fourth-order valence-corrected chi connectivity index (χ4v) is 1.57. The summed E-state index contributed by atoms with van der Waals surface area (Å²) in [4.78, 5) is 19.2. The van der Waals surface area contributed by atoms with Crippen LogP contribution in [0.5, 0.6) is 0 Å². The summed E-state index contributed by atoms with van der Waals surface area (Å²) in [5.74, 6) is 0.0535. The van der Waals surface area contributed by atoms with Crippen molar-refractivity contribution in [3.8, 4) is 0 Å². The molecule has 7 heteroatoms. The van der Waals surface area contributed by atoms with E-state index in [-0.39, 0.29) is 5.91 Å². The molecule has 1 rings (SSSR count). The molecule has 3 N–H and O–H groups in total. The Kier molecular flexibility index (Phi) is 3.97. The topological polar surface area (TPSA) is 80.9 Å². The van der Waals surface area contributed by atoms with Crippen LogP contribution in [0.1, 0.15) is 6.92 Å². The lowest BCUT2D eigenvalue weighted by atomic mass is 10.3. The lowest BCUT2D eigenvalue weighted by molar-refractivity contribution is -0.117. The summed E-state index contributed by atoms with van der Waals surface area (Å²) in [5.41, 5.74) is 5.38. The van der Waals surface area contributed by atoms with Gasteiger partial charge in [0.05, 0.1) is 12.2 Å². The summed E-state index contributed by atoms with van der Waals surface area (Å²) in [7, 11) is 0. The van der Waals surface area contributed by atoms with E-state index in [9.17, 15) is 4.79 Å². The first-order valence-electron chi connectivity index (χ1n) is 3.75. The maximum Gasteiger partial charge on any atom is 0.242 e. The van der Waals surface area contributed by atoms with Gasteiger partial charge < -0.3 is 11.1 Å². The van der Waals surface area contributed by atoms with Crippen molar-refractivity contribution in [2.24, 2.45) is 5.73 Å². The highest BCUT2D eigenvalue weighted by atomic mass is 79.9. The van der Waals surface area contributed by atoms with Crippen molar-refractivity contribution in [3.63, 3.8) is 0 Å². The monoisotopic (exact) mass is 322 g/mol. The molecule has 0 fully saturated rings. The third-order valence-corrected chi connectivity index (χ3v) is 2.29. The Hall–Kier alpha value is -0.530. The molecule has 0 saturated heterocycles. The molecule has 0 aromatic carbocycles. The fourth-order valence-electron chi connectivity index (χ4n) is 0.661. The summed E-state index contributed by atoms with van der Waals surface area (Å²) in [6.07, 6.45) is 1.49. The van der Waals surface area contributed by atoms with Crippen LogP contribution >= 0.6 is 31.9 Å². The molecule has 0 aliphatic rings. The average molecular weight is 324 g/mol. The predicted molar refractivity (Wildman–Crippen MR) is 59.7 cm³/mol. The minimum absolute atomic E-state index is 0.303. The van der Waals surface area contributed by atoms with E-state index in [1.54, 1.807) is 6.92 Å². The van der Waals surface area contributed by atoms with Gasteiger partial charge in [0.25, 0.3) is 0 Å². The van der Waals surface area contributed by atoms with Gasteiger partial charge in [0.1, 0.15) is 9.21 Å². The minimum Gasteiger partial charge on any atom is -0.320 e. The van der Waals surface area contributed by atoms with Crippen molar-refractivity contribution in [2.45, 2.75) is 13.0 Å². The Balaban J connectivity index is 2.82. The van der Waals surface area contributed by atoms with E-state index in [0.29, 0.717) is 15.0 Å². The first kappa shape index (κ1) is 11.5. The molecule has 1 aromatic rings. The van der Waals surface area contributed by atoms with Gasteiger partial charge in [-0.3, -0.25) is 4.79 Å². The van der Waals surface area contributed by atoms with Gasteiger partial charge in [-0.25, -0.2) is 9.97 Å². The third kappa shape index (κ3) is 3.00. The Labute approximate surface area is 97.8 Å². The highest BCUT2D eigenvalue weighted by Crippen LogP contribution is 2.19. The number of anilines is 1. The molecule has 5 nitrogen and oxygen atoms in total. The van der Waals surface area contributed by atoms with Gasteiger partial charge in [-0.15, -0.1) is 0 Å². The Morgan fingerprint density at radius 2 is 2.29 bits per heavy atom. The van der Waals surface area contributed by atoms with E-state index in [2.05, 4.69) is 47.1 Å². The van der Waals surface area contributed by atoms with Crippen LogP contribution in [0.2, 0.25) is 0 Å². The lowest BCUT2D eigenvalue weighted by Gasteiger charge is -2.07. The van der Waals surface area contributed by atoms with Crippen molar-refractivity contribution in [1.29, 1.82) is 0 Å². The Bertz CT molecular complexity index is 356. The number of nitrogens with one attached hydrogen (secondary N) is 1. The Morgan fingerprint density at radius 3 is 2.79 bits per heavy atom. The van der Waals surface area contributed by atoms with E-state index in [4.69, 9.17) is 5.73 Å². The van der Waals surface area contributed by atoms with Gasteiger partial charge in [-0.1, -0.05) is 0 Å². The summed E-state index contributed by atoms with van der Waals surface area (Å²) in [6.45, 7) is 1.59. The number of hydrogen-bond donors (Lipinski definition) is 2. The zero-order chi connectivity index (χ0) is 10.7. The maximum atomic E-state index is 11.2. The van der Waals surface area contributed by atoms with Gasteiger partial charge in [0.15, 0.2) is 5.82 Å². The van der Waals surface area contributed by atoms with Crippen molar-refractivity contribution >= 4 is 43.6 Å². The molecule has 1 amide bonds. The van der Waals surface area contributed by atoms with Crippen LogP contribution in [0, 0.1) is 0 Å². The van der Waals surface area contributed by atoms with Crippen molar-refractivity contribution < 1.29 is 4.79 Å². The zero-order valence-corrected chi connectivity index (χ0v) is 10.5. The van der Waals surface area contributed by atoms with Crippen LogP contribution in [0.3, 0.4) is 0 Å². The number of aromatic nitrogens is 2. The quantitative estimate of drug-likeness (QED) is 0.859. The largest absolute Gasteiger partial charge is 0.320 e. The van der Waals surface area contributed by atoms with E-state index in [0.717, 1.165) is 0 Å². The predicted octanol–water partition coefficient (Wildman–Crippen LogP) is 1.29. The lowest BCUT2D eigenvalue weighted by Crippen LogP contribution is -2.32. The Morgan fingerprint density at radius 1 is 1.64 bits per heavy atom. The highest BCUT2D eigenvalue weighted by Gasteiger charge is 2.11. The van der Waals surface area contributed by atoms with Crippen LogP contribution in [0.4, 0.5) is 5.82 Å². The third-order valence-electron chi connectivity index (χ3n) is 1.36. The summed E-state index contributed by atoms with van der Waals surface area (Å²) in [6, 6.07) is -0.577. The number of carbonyl (C=O) groups is 1. The molecule has 0 radical (unpaired) electrons. The molecule has 1 heterocycles. The van der Waals surface area contributed by atoms with Crippen LogP contribution < -0.4 is 11.1 Å². The molecular formula is C7H8Br2N4O. The van der Waals surface area contributed by atoms with Gasteiger partial charge in [0.2, 0.25) is 5.91 Å². The summed E-state index contributed by atoms with van der Waals surface area (Å²) in [5, 5.41) is 2.53. The number of rotatable bonds is 2. The van der Waals surface area contributed by atoms with E-state index in [1.165, 1.54) is 6.20 Å². The standard InChI is InChI=1S/C7H8Br2N4O/c1-3(10)7(14)13-6-5(9)12-4(8)2-11-6/h2-3H,10H2,1H3,(H,11,13,14)/t3-/m0/s1. The van der Waals surface area contributed by atoms with Crippen molar-refractivity contribution in [1.82, 2.24) is 9.97 Å². The molecule has 0 saturated carbocycles. The highest BCUT2D eigenvalue weighted by molar-refractivity contribution is 9.11. The number of nitrogens with two attached hydrogens (primary N) is 1. The number of amides is 1. The smallest absolute Gasteiger partial charge is 0.242 e. The van der Waals surface area contributed by atoms with Gasteiger partial charge in [0, 0.05) is 0 Å². The first-order chi connectivity index (χ1) is 6.50. The van der Waals surface area contributed by atoms with Crippen molar-refractivity contribution in [2.75, 3.05) is 5.32 Å². The molecule has 1 aromatic heterocycles. The van der Waals surface area contributed by atoms with E-state index in [1.807, 2.05) is 0 Å².